The molecule has 0 heterocycles. The number of carboxylic acid groups (broad SMARTS) is 1. The van der Waals surface area contributed by atoms with E-state index in [1.165, 1.54) is 36.4 Å². The number of halogens is 2. The maximum absolute atomic E-state index is 13.6. The van der Waals surface area contributed by atoms with Crippen molar-refractivity contribution in [3.05, 3.63) is 89.5 Å². The van der Waals surface area contributed by atoms with Gasteiger partial charge in [-0.3, -0.25) is 4.79 Å². The molecule has 0 aliphatic heterocycles. The van der Waals surface area contributed by atoms with Crippen molar-refractivity contribution in [1.82, 2.24) is 0 Å². The van der Waals surface area contributed by atoms with E-state index < -0.39 is 23.5 Å². The Kier molecular flexibility index (Phi) is 5.12. The highest BCUT2D eigenvalue weighted by atomic mass is 19.1. The van der Waals surface area contributed by atoms with Gasteiger partial charge < -0.3 is 15.2 Å². The highest BCUT2D eigenvalue weighted by Gasteiger charge is 2.13. The molecule has 3 aromatic rings. The smallest absolute Gasteiger partial charge is 0.337 e. The van der Waals surface area contributed by atoms with E-state index in [-0.39, 0.29) is 28.3 Å². The molecule has 7 heteroatoms. The monoisotopic (exact) mass is 369 g/mol. The number of rotatable bonds is 5. The van der Waals surface area contributed by atoms with Crippen molar-refractivity contribution in [2.24, 2.45) is 0 Å². The number of aromatic carboxylic acids is 1. The van der Waals surface area contributed by atoms with Gasteiger partial charge in [0.25, 0.3) is 5.91 Å². The molecule has 136 valence electrons. The van der Waals surface area contributed by atoms with Gasteiger partial charge in [-0.25, -0.2) is 13.6 Å². The first kappa shape index (κ1) is 18.1. The molecule has 0 spiro atoms. The Morgan fingerprint density at radius 1 is 0.926 bits per heavy atom. The molecule has 0 saturated heterocycles. The number of nitrogens with one attached hydrogen (secondary N) is 1. The average molecular weight is 369 g/mol. The Labute approximate surface area is 152 Å². The Balaban J connectivity index is 1.74. The highest BCUT2D eigenvalue weighted by molar-refractivity contribution is 6.07. The van der Waals surface area contributed by atoms with E-state index >= 15 is 0 Å². The summed E-state index contributed by atoms with van der Waals surface area (Å²) < 4.78 is 32.0. The fourth-order valence-electron chi connectivity index (χ4n) is 2.33. The van der Waals surface area contributed by atoms with Crippen molar-refractivity contribution in [2.75, 3.05) is 5.32 Å². The Hall–Kier alpha value is -3.74. The normalized spacial score (nSPS) is 10.3. The number of benzene rings is 3. The van der Waals surface area contributed by atoms with Gasteiger partial charge in [0, 0.05) is 11.6 Å². The first-order valence-corrected chi connectivity index (χ1v) is 7.80. The molecule has 0 aliphatic rings. The van der Waals surface area contributed by atoms with Gasteiger partial charge in [-0.2, -0.15) is 0 Å². The van der Waals surface area contributed by atoms with Gasteiger partial charge in [0.15, 0.2) is 11.6 Å². The van der Waals surface area contributed by atoms with Gasteiger partial charge in [-0.05, 0) is 48.5 Å². The summed E-state index contributed by atoms with van der Waals surface area (Å²) in [5, 5.41) is 11.7. The molecule has 0 radical (unpaired) electrons. The third-order valence-electron chi connectivity index (χ3n) is 3.64. The molecular formula is C20H13F2NO4. The molecule has 0 fully saturated rings. The Morgan fingerprint density at radius 2 is 1.63 bits per heavy atom. The van der Waals surface area contributed by atoms with Crippen LogP contribution in [0.15, 0.2) is 66.7 Å². The maximum atomic E-state index is 13.6. The topological polar surface area (TPSA) is 75.6 Å². The zero-order valence-electron chi connectivity index (χ0n) is 13.8. The maximum Gasteiger partial charge on any atom is 0.337 e. The summed E-state index contributed by atoms with van der Waals surface area (Å²) in [4.78, 5) is 23.5. The number of amides is 1. The van der Waals surface area contributed by atoms with E-state index in [9.17, 15) is 18.4 Å². The molecule has 1 amide bonds. The highest BCUT2D eigenvalue weighted by Crippen LogP contribution is 2.25. The number of carbonyl (C=O) groups excluding carboxylic acids is 1. The Bertz CT molecular complexity index is 1000. The second kappa shape index (κ2) is 7.65. The summed E-state index contributed by atoms with van der Waals surface area (Å²) in [5.74, 6) is -3.11. The molecule has 3 rings (SSSR count). The van der Waals surface area contributed by atoms with Crippen LogP contribution in [0, 0.1) is 11.6 Å². The predicted molar refractivity (Wildman–Crippen MR) is 94.2 cm³/mol. The van der Waals surface area contributed by atoms with E-state index in [1.807, 2.05) is 0 Å². The van der Waals surface area contributed by atoms with Crippen molar-refractivity contribution in [3.8, 4) is 11.5 Å². The fraction of sp³-hybridized carbons (Fsp3) is 0. The second-order valence-electron chi connectivity index (χ2n) is 5.51. The summed E-state index contributed by atoms with van der Waals surface area (Å²) in [7, 11) is 0. The molecule has 0 bridgehead atoms. The first-order chi connectivity index (χ1) is 12.9. The number of carbonyl (C=O) groups is 2. The SMILES string of the molecule is O=C(Nc1ccccc1C(=O)O)c1ccc(Oc2cc(F)ccc2F)cc1. The molecule has 2 N–H and O–H groups in total. The van der Waals surface area contributed by atoms with Crippen LogP contribution in [0.1, 0.15) is 20.7 Å². The number of carboxylic acids is 1. The number of para-hydroxylation sites is 1. The van der Waals surface area contributed by atoms with Crippen molar-refractivity contribution in [1.29, 1.82) is 0 Å². The third-order valence-corrected chi connectivity index (χ3v) is 3.64. The van der Waals surface area contributed by atoms with Gasteiger partial charge in [0.05, 0.1) is 11.3 Å². The van der Waals surface area contributed by atoms with E-state index in [0.717, 1.165) is 18.2 Å². The van der Waals surface area contributed by atoms with Crippen LogP contribution in [0.25, 0.3) is 0 Å². The van der Waals surface area contributed by atoms with Crippen LogP contribution in [0.2, 0.25) is 0 Å². The molecule has 27 heavy (non-hydrogen) atoms. The zero-order chi connectivity index (χ0) is 19.4. The predicted octanol–water partition coefficient (Wildman–Crippen LogP) is 4.71. The molecule has 0 aromatic heterocycles. The minimum Gasteiger partial charge on any atom is -0.478 e. The molecule has 0 atom stereocenters. The number of hydrogen-bond acceptors (Lipinski definition) is 3. The van der Waals surface area contributed by atoms with Crippen LogP contribution >= 0.6 is 0 Å². The molecule has 5 nitrogen and oxygen atoms in total. The largest absolute Gasteiger partial charge is 0.478 e. The summed E-state index contributed by atoms with van der Waals surface area (Å²) >= 11 is 0. The summed E-state index contributed by atoms with van der Waals surface area (Å²) in [6, 6.07) is 14.5. The van der Waals surface area contributed by atoms with Crippen molar-refractivity contribution in [3.63, 3.8) is 0 Å². The third kappa shape index (κ3) is 4.27. The van der Waals surface area contributed by atoms with E-state index in [0.29, 0.717) is 0 Å². The lowest BCUT2D eigenvalue weighted by Crippen LogP contribution is -2.14. The lowest BCUT2D eigenvalue weighted by atomic mass is 10.1. The van der Waals surface area contributed by atoms with Crippen LogP contribution < -0.4 is 10.1 Å². The molecule has 3 aromatic carbocycles. The fourth-order valence-corrected chi connectivity index (χ4v) is 2.33. The van der Waals surface area contributed by atoms with Crippen LogP contribution in [0.4, 0.5) is 14.5 Å². The van der Waals surface area contributed by atoms with Gasteiger partial charge in [0.2, 0.25) is 0 Å². The van der Waals surface area contributed by atoms with Gasteiger partial charge in [-0.1, -0.05) is 12.1 Å². The van der Waals surface area contributed by atoms with Crippen molar-refractivity contribution in [2.45, 2.75) is 0 Å². The van der Waals surface area contributed by atoms with Gasteiger partial charge in [-0.15, -0.1) is 0 Å². The lowest BCUT2D eigenvalue weighted by molar-refractivity contribution is 0.0698. The standard InChI is InChI=1S/C20H13F2NO4/c21-13-7-10-16(22)18(11-13)27-14-8-5-12(6-9-14)19(24)23-17-4-2-1-3-15(17)20(25)26/h1-11H,(H,23,24)(H,25,26). The first-order valence-electron chi connectivity index (χ1n) is 7.80. The zero-order valence-corrected chi connectivity index (χ0v) is 13.8. The van der Waals surface area contributed by atoms with E-state index in [1.54, 1.807) is 12.1 Å². The molecule has 0 unspecified atom stereocenters. The summed E-state index contributed by atoms with van der Waals surface area (Å²) in [6.45, 7) is 0. The van der Waals surface area contributed by atoms with Crippen LogP contribution in [-0.4, -0.2) is 17.0 Å². The molecule has 0 aliphatic carbocycles. The number of anilines is 1. The quantitative estimate of drug-likeness (QED) is 0.683. The Morgan fingerprint density at radius 3 is 2.33 bits per heavy atom. The average Bonchev–Trinajstić information content (AvgIpc) is 2.65. The second-order valence-corrected chi connectivity index (χ2v) is 5.51. The van der Waals surface area contributed by atoms with Crippen molar-refractivity contribution >= 4 is 17.6 Å². The number of hydrogen-bond donors (Lipinski definition) is 2. The molecular weight excluding hydrogens is 356 g/mol. The van der Waals surface area contributed by atoms with Gasteiger partial charge in [0.1, 0.15) is 11.6 Å². The summed E-state index contributed by atoms with van der Waals surface area (Å²) in [5.41, 5.74) is 0.367. The molecule has 0 saturated carbocycles. The van der Waals surface area contributed by atoms with Crippen LogP contribution in [0.3, 0.4) is 0 Å². The minimum absolute atomic E-state index is 0.0348. The van der Waals surface area contributed by atoms with Crippen LogP contribution in [-0.2, 0) is 0 Å². The van der Waals surface area contributed by atoms with Gasteiger partial charge >= 0.3 is 5.97 Å². The van der Waals surface area contributed by atoms with Crippen molar-refractivity contribution < 1.29 is 28.2 Å². The van der Waals surface area contributed by atoms with Crippen LogP contribution in [0.5, 0.6) is 11.5 Å². The van der Waals surface area contributed by atoms with E-state index in [2.05, 4.69) is 5.32 Å². The minimum atomic E-state index is -1.16. The lowest BCUT2D eigenvalue weighted by Gasteiger charge is -2.10. The van der Waals surface area contributed by atoms with E-state index in [4.69, 9.17) is 9.84 Å². The summed E-state index contributed by atoms with van der Waals surface area (Å²) in [6.07, 6.45) is 0. The number of ether oxygens (including phenoxy) is 1.